The molecule has 2 aromatic rings. The summed E-state index contributed by atoms with van der Waals surface area (Å²) >= 11 is 0. The minimum absolute atomic E-state index is 0.102. The van der Waals surface area contributed by atoms with Crippen LogP contribution in [0.15, 0.2) is 18.2 Å². The average Bonchev–Trinajstić information content (AvgIpc) is 2.61. The monoisotopic (exact) mass is 355 g/mol. The highest BCUT2D eigenvalue weighted by molar-refractivity contribution is 5.98. The van der Waals surface area contributed by atoms with Gasteiger partial charge in [-0.1, -0.05) is 0 Å². The lowest BCUT2D eigenvalue weighted by atomic mass is 9.95. The number of carbonyl (C=O) groups excluding carboxylic acids is 1. The number of phenols is 1. The van der Waals surface area contributed by atoms with Crippen LogP contribution in [0.3, 0.4) is 0 Å². The van der Waals surface area contributed by atoms with E-state index in [1.165, 1.54) is 24.1 Å². The van der Waals surface area contributed by atoms with Crippen molar-refractivity contribution in [3.63, 3.8) is 0 Å². The highest BCUT2D eigenvalue weighted by Crippen LogP contribution is 2.21. The molecule has 1 heterocycles. The number of aryl methyl sites for hydroxylation is 2. The van der Waals surface area contributed by atoms with Crippen LogP contribution in [-0.2, 0) is 19.3 Å². The Bertz CT molecular complexity index is 864. The van der Waals surface area contributed by atoms with Gasteiger partial charge in [-0.05, 0) is 56.4 Å². The topological polar surface area (TPSA) is 112 Å². The number of benzene rings is 1. The molecule has 0 saturated heterocycles. The minimum atomic E-state index is -1.20. The molecular formula is C19H21N3O4. The summed E-state index contributed by atoms with van der Waals surface area (Å²) in [4.78, 5) is 32.4. The van der Waals surface area contributed by atoms with E-state index in [1.54, 1.807) is 0 Å². The van der Waals surface area contributed by atoms with Gasteiger partial charge in [-0.2, -0.15) is 0 Å². The number of hydrogen-bond donors (Lipinski definition) is 3. The Kier molecular flexibility index (Phi) is 5.16. The van der Waals surface area contributed by atoms with E-state index in [4.69, 9.17) is 5.11 Å². The van der Waals surface area contributed by atoms with Gasteiger partial charge in [0.25, 0.3) is 5.91 Å². The largest absolute Gasteiger partial charge is 0.508 e. The van der Waals surface area contributed by atoms with Gasteiger partial charge in [-0.3, -0.25) is 4.79 Å². The third-order valence-electron chi connectivity index (χ3n) is 4.50. The van der Waals surface area contributed by atoms with Crippen molar-refractivity contribution in [2.24, 2.45) is 0 Å². The van der Waals surface area contributed by atoms with E-state index in [0.29, 0.717) is 18.8 Å². The van der Waals surface area contributed by atoms with Gasteiger partial charge in [0.2, 0.25) is 0 Å². The van der Waals surface area contributed by atoms with Gasteiger partial charge in [0.05, 0.1) is 5.56 Å². The number of phenolic OH excluding ortho intramolecular Hbond substituents is 1. The molecule has 26 heavy (non-hydrogen) atoms. The first-order valence-electron chi connectivity index (χ1n) is 8.65. The first-order valence-corrected chi connectivity index (χ1v) is 8.65. The molecule has 136 valence electrons. The zero-order valence-corrected chi connectivity index (χ0v) is 14.6. The number of fused-ring (bicyclic) bond motifs is 1. The molecule has 7 heteroatoms. The van der Waals surface area contributed by atoms with E-state index in [2.05, 4.69) is 15.3 Å². The second-order valence-electron chi connectivity index (χ2n) is 6.44. The Hall–Kier alpha value is -2.96. The van der Waals surface area contributed by atoms with Crippen LogP contribution in [0.2, 0.25) is 0 Å². The molecule has 0 fully saturated rings. The van der Waals surface area contributed by atoms with Gasteiger partial charge >= 0.3 is 5.97 Å². The summed E-state index contributed by atoms with van der Waals surface area (Å²) in [5, 5.41) is 21.3. The standard InChI is InChI=1S/C19H21N3O4/c1-11-15-4-2-3-5-16(15)22-17(21-11)6-7-20-18(24)12-8-13(19(25)26)10-14(23)9-12/h8-10,23H,2-7H2,1H3,(H,20,24)(H,25,26). The zero-order chi connectivity index (χ0) is 18.7. The molecule has 0 aliphatic heterocycles. The fraction of sp³-hybridized carbons (Fsp3) is 0.368. The lowest BCUT2D eigenvalue weighted by molar-refractivity contribution is 0.0696. The number of hydrogen-bond acceptors (Lipinski definition) is 5. The van der Waals surface area contributed by atoms with Crippen LogP contribution in [0.25, 0.3) is 0 Å². The Labute approximate surface area is 151 Å². The van der Waals surface area contributed by atoms with Gasteiger partial charge in [0.15, 0.2) is 0 Å². The number of amides is 1. The summed E-state index contributed by atoms with van der Waals surface area (Å²) in [5.41, 5.74) is 3.35. The molecule has 7 nitrogen and oxygen atoms in total. The molecule has 0 bridgehead atoms. The van der Waals surface area contributed by atoms with Crippen LogP contribution >= 0.6 is 0 Å². The third kappa shape index (κ3) is 3.99. The molecule has 0 atom stereocenters. The number of carboxylic acids is 1. The Morgan fingerprint density at radius 1 is 1.12 bits per heavy atom. The van der Waals surface area contributed by atoms with Gasteiger partial charge in [-0.25, -0.2) is 14.8 Å². The molecule has 0 spiro atoms. The first-order chi connectivity index (χ1) is 12.4. The van der Waals surface area contributed by atoms with Crippen molar-refractivity contribution in [1.82, 2.24) is 15.3 Å². The summed E-state index contributed by atoms with van der Waals surface area (Å²) < 4.78 is 0. The fourth-order valence-electron chi connectivity index (χ4n) is 3.21. The Balaban J connectivity index is 1.64. The Morgan fingerprint density at radius 2 is 1.85 bits per heavy atom. The molecule has 3 rings (SSSR count). The predicted octanol–water partition coefficient (Wildman–Crippen LogP) is 2.04. The zero-order valence-electron chi connectivity index (χ0n) is 14.6. The number of carboxylic acid groups (broad SMARTS) is 1. The maximum atomic E-state index is 12.2. The van der Waals surface area contributed by atoms with Crippen molar-refractivity contribution in [3.8, 4) is 5.75 Å². The van der Waals surface area contributed by atoms with Crippen LogP contribution in [0, 0.1) is 6.92 Å². The quantitative estimate of drug-likeness (QED) is 0.756. The number of nitrogens with zero attached hydrogens (tertiary/aromatic N) is 2. The summed E-state index contributed by atoms with van der Waals surface area (Å²) in [6.07, 6.45) is 4.81. The van der Waals surface area contributed by atoms with Crippen LogP contribution in [-0.4, -0.2) is 38.6 Å². The number of carbonyl (C=O) groups is 2. The maximum absolute atomic E-state index is 12.2. The molecule has 1 aromatic carbocycles. The van der Waals surface area contributed by atoms with Crippen LogP contribution in [0.5, 0.6) is 5.75 Å². The number of rotatable bonds is 5. The molecule has 1 amide bonds. The second-order valence-corrected chi connectivity index (χ2v) is 6.44. The molecule has 1 aromatic heterocycles. The second kappa shape index (κ2) is 7.51. The molecule has 1 aliphatic rings. The van der Waals surface area contributed by atoms with Gasteiger partial charge < -0.3 is 15.5 Å². The van der Waals surface area contributed by atoms with E-state index < -0.39 is 11.9 Å². The smallest absolute Gasteiger partial charge is 0.335 e. The Morgan fingerprint density at radius 3 is 2.62 bits per heavy atom. The molecule has 0 radical (unpaired) electrons. The highest BCUT2D eigenvalue weighted by Gasteiger charge is 2.16. The molecule has 3 N–H and O–H groups in total. The van der Waals surface area contributed by atoms with Crippen molar-refractivity contribution < 1.29 is 19.8 Å². The third-order valence-corrected chi connectivity index (χ3v) is 4.50. The fourth-order valence-corrected chi connectivity index (χ4v) is 3.21. The van der Waals surface area contributed by atoms with Crippen LogP contribution in [0.1, 0.15) is 56.3 Å². The predicted molar refractivity (Wildman–Crippen MR) is 94.5 cm³/mol. The van der Waals surface area contributed by atoms with E-state index in [0.717, 1.165) is 36.7 Å². The van der Waals surface area contributed by atoms with E-state index >= 15 is 0 Å². The van der Waals surface area contributed by atoms with Gasteiger partial charge in [0.1, 0.15) is 11.6 Å². The number of aromatic hydroxyl groups is 1. The van der Waals surface area contributed by atoms with Crippen molar-refractivity contribution in [1.29, 1.82) is 0 Å². The van der Waals surface area contributed by atoms with Crippen LogP contribution in [0.4, 0.5) is 0 Å². The molecule has 1 aliphatic carbocycles. The maximum Gasteiger partial charge on any atom is 0.335 e. The first kappa shape index (κ1) is 17.8. The van der Waals surface area contributed by atoms with E-state index in [1.807, 2.05) is 6.92 Å². The molecule has 0 unspecified atom stereocenters. The summed E-state index contributed by atoms with van der Waals surface area (Å²) in [6, 6.07) is 3.57. The summed E-state index contributed by atoms with van der Waals surface area (Å²) in [6.45, 7) is 2.32. The number of aromatic nitrogens is 2. The van der Waals surface area contributed by atoms with Crippen molar-refractivity contribution in [2.45, 2.75) is 39.0 Å². The summed E-state index contributed by atoms with van der Waals surface area (Å²) in [5.74, 6) is -1.21. The lowest BCUT2D eigenvalue weighted by Gasteiger charge is -2.17. The van der Waals surface area contributed by atoms with Crippen molar-refractivity contribution >= 4 is 11.9 Å². The normalized spacial score (nSPS) is 13.1. The highest BCUT2D eigenvalue weighted by atomic mass is 16.4. The SMILES string of the molecule is Cc1nc(CCNC(=O)c2cc(O)cc(C(=O)O)c2)nc2c1CCCC2. The number of nitrogens with one attached hydrogen (secondary N) is 1. The van der Waals surface area contributed by atoms with Crippen molar-refractivity contribution in [2.75, 3.05) is 6.54 Å². The molecule has 0 saturated carbocycles. The minimum Gasteiger partial charge on any atom is -0.508 e. The molecular weight excluding hydrogens is 334 g/mol. The summed E-state index contributed by atoms with van der Waals surface area (Å²) in [7, 11) is 0. The van der Waals surface area contributed by atoms with Gasteiger partial charge in [0, 0.05) is 29.9 Å². The number of aromatic carboxylic acids is 1. The van der Waals surface area contributed by atoms with Crippen LogP contribution < -0.4 is 5.32 Å². The van der Waals surface area contributed by atoms with Gasteiger partial charge in [-0.15, -0.1) is 0 Å². The average molecular weight is 355 g/mol. The van der Waals surface area contributed by atoms with E-state index in [9.17, 15) is 14.7 Å². The lowest BCUT2D eigenvalue weighted by Crippen LogP contribution is -2.26. The van der Waals surface area contributed by atoms with E-state index in [-0.39, 0.29) is 16.9 Å². The van der Waals surface area contributed by atoms with Crippen molar-refractivity contribution in [3.05, 3.63) is 52.1 Å².